The molecule has 0 aliphatic heterocycles. The fraction of sp³-hybridized carbons (Fsp3) is 0. The van der Waals surface area contributed by atoms with Gasteiger partial charge in [-0.2, -0.15) is 16.8 Å². The van der Waals surface area contributed by atoms with Crippen molar-refractivity contribution >= 4 is 31.6 Å². The Morgan fingerprint density at radius 1 is 0.682 bits per heavy atom. The molecule has 22 heavy (non-hydrogen) atoms. The van der Waals surface area contributed by atoms with Crippen LogP contribution in [-0.4, -0.2) is 25.9 Å². The predicted molar refractivity (Wildman–Crippen MR) is 80.3 cm³/mol. The summed E-state index contributed by atoms with van der Waals surface area (Å²) in [7, 11) is -9.46. The molecular weight excluding hydrogens is 332 g/mol. The second-order valence-corrected chi connectivity index (χ2v) is 7.11. The Kier molecular flexibility index (Phi) is 3.87. The van der Waals surface area contributed by atoms with Gasteiger partial charge < -0.3 is 11.5 Å². The van der Waals surface area contributed by atoms with Gasteiger partial charge in [-0.1, -0.05) is 24.3 Å². The molecule has 0 unspecified atom stereocenters. The Morgan fingerprint density at radius 2 is 1.00 bits per heavy atom. The van der Waals surface area contributed by atoms with Crippen molar-refractivity contribution in [2.24, 2.45) is 0 Å². The van der Waals surface area contributed by atoms with Crippen LogP contribution in [0, 0.1) is 0 Å². The zero-order chi connectivity index (χ0) is 16.7. The molecule has 8 nitrogen and oxygen atoms in total. The number of nitrogen functional groups attached to an aromatic ring is 2. The maximum absolute atomic E-state index is 11.5. The van der Waals surface area contributed by atoms with Crippen LogP contribution in [0.2, 0.25) is 0 Å². The van der Waals surface area contributed by atoms with Crippen molar-refractivity contribution < 1.29 is 25.9 Å². The van der Waals surface area contributed by atoms with E-state index in [2.05, 4.69) is 0 Å². The molecule has 2 aromatic carbocycles. The van der Waals surface area contributed by atoms with Crippen LogP contribution in [0.5, 0.6) is 0 Å². The molecule has 0 heterocycles. The van der Waals surface area contributed by atoms with Crippen LogP contribution in [0.1, 0.15) is 0 Å². The molecule has 0 saturated heterocycles. The van der Waals surface area contributed by atoms with Gasteiger partial charge in [0.2, 0.25) is 0 Å². The van der Waals surface area contributed by atoms with Crippen LogP contribution >= 0.6 is 0 Å². The third-order valence-corrected chi connectivity index (χ3v) is 4.84. The number of anilines is 2. The lowest BCUT2D eigenvalue weighted by molar-refractivity contribution is 0.480. The van der Waals surface area contributed by atoms with E-state index in [1.54, 1.807) is 0 Å². The Hall–Kier alpha value is -2.14. The molecule has 6 N–H and O–H groups in total. The molecule has 2 aromatic rings. The van der Waals surface area contributed by atoms with Gasteiger partial charge in [-0.15, -0.1) is 0 Å². The molecular formula is C12H12N2O6S2. The van der Waals surface area contributed by atoms with Crippen molar-refractivity contribution in [2.45, 2.75) is 9.79 Å². The summed E-state index contributed by atoms with van der Waals surface area (Å²) in [6.07, 6.45) is 0. The van der Waals surface area contributed by atoms with Gasteiger partial charge in [-0.05, 0) is 12.1 Å². The lowest BCUT2D eigenvalue weighted by Gasteiger charge is -2.14. The highest BCUT2D eigenvalue weighted by Gasteiger charge is 2.26. The van der Waals surface area contributed by atoms with Crippen molar-refractivity contribution in [1.29, 1.82) is 0 Å². The molecule has 0 saturated carbocycles. The molecule has 0 aliphatic carbocycles. The van der Waals surface area contributed by atoms with Gasteiger partial charge in [0.1, 0.15) is 9.79 Å². The van der Waals surface area contributed by atoms with E-state index < -0.39 is 30.0 Å². The Morgan fingerprint density at radius 3 is 1.27 bits per heavy atom. The van der Waals surface area contributed by atoms with Gasteiger partial charge in [0, 0.05) is 11.1 Å². The first-order valence-corrected chi connectivity index (χ1v) is 8.64. The van der Waals surface area contributed by atoms with E-state index in [-0.39, 0.29) is 22.5 Å². The lowest BCUT2D eigenvalue weighted by Crippen LogP contribution is -2.09. The monoisotopic (exact) mass is 344 g/mol. The van der Waals surface area contributed by atoms with E-state index in [4.69, 9.17) is 11.5 Å². The topological polar surface area (TPSA) is 161 Å². The number of benzene rings is 2. The quantitative estimate of drug-likeness (QED) is 0.474. The van der Waals surface area contributed by atoms with E-state index in [1.165, 1.54) is 36.4 Å². The first-order chi connectivity index (χ1) is 10.0. The molecule has 0 atom stereocenters. The van der Waals surface area contributed by atoms with Gasteiger partial charge in [-0.25, -0.2) is 0 Å². The molecule has 0 aliphatic rings. The van der Waals surface area contributed by atoms with Crippen LogP contribution in [0.3, 0.4) is 0 Å². The summed E-state index contributed by atoms with van der Waals surface area (Å²) in [4.78, 5) is -1.32. The van der Waals surface area contributed by atoms with Gasteiger partial charge in [0.15, 0.2) is 0 Å². The van der Waals surface area contributed by atoms with Crippen LogP contribution in [0.15, 0.2) is 46.2 Å². The second-order valence-electron chi connectivity index (χ2n) is 4.40. The van der Waals surface area contributed by atoms with Gasteiger partial charge in [0.05, 0.1) is 11.4 Å². The molecule has 0 amide bonds. The average molecular weight is 344 g/mol. The number of nitrogens with two attached hydrogens (primary N) is 2. The average Bonchev–Trinajstić information content (AvgIpc) is 2.35. The molecule has 0 fully saturated rings. The van der Waals surface area contributed by atoms with Crippen molar-refractivity contribution in [3.8, 4) is 11.1 Å². The number of rotatable bonds is 3. The smallest absolute Gasteiger partial charge is 0.297 e. The summed E-state index contributed by atoms with van der Waals surface area (Å²) >= 11 is 0. The summed E-state index contributed by atoms with van der Waals surface area (Å²) in [5.74, 6) is 0. The first kappa shape index (κ1) is 16.2. The number of hydrogen-bond acceptors (Lipinski definition) is 6. The maximum Gasteiger partial charge on any atom is 0.297 e. The van der Waals surface area contributed by atoms with E-state index >= 15 is 0 Å². The third-order valence-electron chi connectivity index (χ3n) is 2.90. The number of hydrogen-bond donors (Lipinski definition) is 4. The van der Waals surface area contributed by atoms with Crippen LogP contribution in [0.4, 0.5) is 11.4 Å². The summed E-state index contributed by atoms with van der Waals surface area (Å²) < 4.78 is 64.8. The highest BCUT2D eigenvalue weighted by Crippen LogP contribution is 2.37. The van der Waals surface area contributed by atoms with Gasteiger partial charge in [-0.3, -0.25) is 9.11 Å². The fourth-order valence-electron chi connectivity index (χ4n) is 2.11. The molecule has 10 heteroatoms. The van der Waals surface area contributed by atoms with Crippen LogP contribution in [0.25, 0.3) is 11.1 Å². The Labute approximate surface area is 126 Å². The fourth-order valence-corrected chi connectivity index (χ4v) is 3.75. The second kappa shape index (κ2) is 5.25. The van der Waals surface area contributed by atoms with E-state index in [0.29, 0.717) is 0 Å². The highest BCUT2D eigenvalue weighted by atomic mass is 32.2. The normalized spacial score (nSPS) is 12.3. The third kappa shape index (κ3) is 2.90. The maximum atomic E-state index is 11.5. The minimum atomic E-state index is -4.73. The van der Waals surface area contributed by atoms with Crippen molar-refractivity contribution in [1.82, 2.24) is 0 Å². The van der Waals surface area contributed by atoms with Crippen LogP contribution < -0.4 is 11.5 Å². The molecule has 0 radical (unpaired) electrons. The highest BCUT2D eigenvalue weighted by molar-refractivity contribution is 7.86. The standard InChI is InChI=1S/C12H12N2O6S2/c13-9-5-1-3-7(11(9)21(15,16)17)8-4-2-6-10(14)12(8)22(18,19)20/h1-6H,13-14H2,(H,15,16,17)(H,18,19,20). The van der Waals surface area contributed by atoms with Crippen molar-refractivity contribution in [2.75, 3.05) is 11.5 Å². The van der Waals surface area contributed by atoms with E-state index in [1.807, 2.05) is 0 Å². The van der Waals surface area contributed by atoms with Gasteiger partial charge >= 0.3 is 0 Å². The summed E-state index contributed by atoms with van der Waals surface area (Å²) in [6, 6.07) is 7.68. The minimum absolute atomic E-state index is 0.192. The SMILES string of the molecule is Nc1cccc(-c2cccc(N)c2S(=O)(=O)O)c1S(=O)(=O)O. The Balaban J connectivity index is 2.98. The van der Waals surface area contributed by atoms with Crippen LogP contribution in [-0.2, 0) is 20.2 Å². The van der Waals surface area contributed by atoms with Crippen molar-refractivity contribution in [3.05, 3.63) is 36.4 Å². The van der Waals surface area contributed by atoms with Crippen molar-refractivity contribution in [3.63, 3.8) is 0 Å². The first-order valence-electron chi connectivity index (χ1n) is 5.76. The molecule has 0 spiro atoms. The molecule has 0 bridgehead atoms. The summed E-state index contributed by atoms with van der Waals surface area (Å²) in [6.45, 7) is 0. The largest absolute Gasteiger partial charge is 0.398 e. The predicted octanol–water partition coefficient (Wildman–Crippen LogP) is 1.01. The molecule has 2 rings (SSSR count). The minimum Gasteiger partial charge on any atom is -0.398 e. The molecule has 118 valence electrons. The summed E-state index contributed by atoms with van der Waals surface area (Å²) in [5, 5.41) is 0. The van der Waals surface area contributed by atoms with E-state index in [9.17, 15) is 25.9 Å². The summed E-state index contributed by atoms with van der Waals surface area (Å²) in [5.41, 5.74) is 10.2. The molecule has 0 aromatic heterocycles. The zero-order valence-corrected chi connectivity index (χ0v) is 12.6. The zero-order valence-electron chi connectivity index (χ0n) is 11.0. The lowest BCUT2D eigenvalue weighted by atomic mass is 10.0. The van der Waals surface area contributed by atoms with E-state index in [0.717, 1.165) is 0 Å². The Bertz CT molecular complexity index is 872. The van der Waals surface area contributed by atoms with Gasteiger partial charge in [0.25, 0.3) is 20.2 Å².